The predicted molar refractivity (Wildman–Crippen MR) is 128 cm³/mol. The molecule has 2 aromatic carbocycles. The summed E-state index contributed by atoms with van der Waals surface area (Å²) < 4.78 is 5.61. The molecular weight excluding hydrogens is 402 g/mol. The van der Waals surface area contributed by atoms with Crippen LogP contribution in [-0.4, -0.2) is 47.1 Å². The van der Waals surface area contributed by atoms with E-state index < -0.39 is 0 Å². The summed E-state index contributed by atoms with van der Waals surface area (Å²) in [4.78, 5) is 29.8. The quantitative estimate of drug-likeness (QED) is 0.746. The van der Waals surface area contributed by atoms with Crippen LogP contribution in [0.3, 0.4) is 0 Å². The number of guanidine groups is 3. The predicted octanol–water partition coefficient (Wildman–Crippen LogP) is 3.92. The molecule has 0 saturated heterocycles. The highest BCUT2D eigenvalue weighted by Crippen LogP contribution is 2.25. The monoisotopic (exact) mass is 425 g/mol. The summed E-state index contributed by atoms with van der Waals surface area (Å²) in [5, 5.41) is 0. The molecule has 0 amide bonds. The molecule has 5 rings (SSSR count). The summed E-state index contributed by atoms with van der Waals surface area (Å²) in [5.74, 6) is 2.37. The van der Waals surface area contributed by atoms with Crippen molar-refractivity contribution in [3.05, 3.63) is 69.8 Å². The Bertz CT molecular complexity index is 1240. The number of nitrogens with zero attached hydrogens (tertiary/aromatic N) is 7. The van der Waals surface area contributed by atoms with Gasteiger partial charge in [0.15, 0.2) is 11.7 Å². The van der Waals surface area contributed by atoms with E-state index in [4.69, 9.17) is 24.7 Å². The first-order valence-electron chi connectivity index (χ1n) is 10.5. The Kier molecular flexibility index (Phi) is 4.77. The molecule has 8 heteroatoms. The van der Waals surface area contributed by atoms with Crippen molar-refractivity contribution in [1.29, 1.82) is 0 Å². The molecule has 2 aromatic rings. The van der Waals surface area contributed by atoms with E-state index in [1.54, 1.807) is 4.90 Å². The van der Waals surface area contributed by atoms with Crippen LogP contribution in [0, 0.1) is 27.7 Å². The van der Waals surface area contributed by atoms with E-state index in [1.807, 2.05) is 71.0 Å². The first-order chi connectivity index (χ1) is 15.5. The Balaban J connectivity index is 1.73. The van der Waals surface area contributed by atoms with Gasteiger partial charge in [0.25, 0.3) is 0 Å². The maximum Gasteiger partial charge on any atom is 0.323 e. The summed E-state index contributed by atoms with van der Waals surface area (Å²) in [6.07, 6.45) is 0. The van der Waals surface area contributed by atoms with E-state index >= 15 is 0 Å². The molecule has 160 valence electrons. The smallest absolute Gasteiger partial charge is 0.323 e. The number of amidine groups is 3. The van der Waals surface area contributed by atoms with E-state index in [0.717, 1.165) is 33.4 Å². The minimum Gasteiger partial charge on any atom is -0.464 e. The Morgan fingerprint density at radius 3 is 1.53 bits per heavy atom. The molecule has 0 atom stereocenters. The van der Waals surface area contributed by atoms with E-state index in [1.165, 1.54) is 0 Å². The number of rotatable bonds is 3. The fourth-order valence-electron chi connectivity index (χ4n) is 4.02. The fraction of sp³-hybridized carbons (Fsp3) is 0.250. The fourth-order valence-corrected chi connectivity index (χ4v) is 4.02. The van der Waals surface area contributed by atoms with Gasteiger partial charge in [-0.1, -0.05) is 36.4 Å². The van der Waals surface area contributed by atoms with Crippen molar-refractivity contribution < 1.29 is 4.74 Å². The highest BCUT2D eigenvalue weighted by Gasteiger charge is 2.36. The van der Waals surface area contributed by atoms with Gasteiger partial charge in [-0.25, -0.2) is 4.90 Å². The molecule has 3 heterocycles. The molecule has 0 aromatic heterocycles. The number of aryl methyl sites for hydroxylation is 4. The molecule has 0 radical (unpaired) electrons. The van der Waals surface area contributed by atoms with Crippen LogP contribution in [-0.2, 0) is 4.74 Å². The SMILES string of the molecule is CCOC1=NC2=NC(c3c(C)cccc3C)=NC3=NC(c4c(C)cccc4C)=NC(=N1)N23. The highest BCUT2D eigenvalue weighted by molar-refractivity contribution is 6.33. The van der Waals surface area contributed by atoms with Crippen molar-refractivity contribution in [3.8, 4) is 0 Å². The second kappa shape index (κ2) is 7.64. The molecule has 3 aliphatic rings. The van der Waals surface area contributed by atoms with Crippen molar-refractivity contribution in [3.63, 3.8) is 0 Å². The van der Waals surface area contributed by atoms with Gasteiger partial charge >= 0.3 is 6.02 Å². The number of hydrogen-bond donors (Lipinski definition) is 0. The van der Waals surface area contributed by atoms with Gasteiger partial charge in [-0.3, -0.25) is 0 Å². The summed E-state index contributed by atoms with van der Waals surface area (Å²) in [6, 6.07) is 12.5. The van der Waals surface area contributed by atoms with E-state index in [0.29, 0.717) is 36.2 Å². The molecule has 0 saturated carbocycles. The third-order valence-corrected chi connectivity index (χ3v) is 5.50. The molecule has 0 fully saturated rings. The first kappa shape index (κ1) is 20.0. The zero-order valence-corrected chi connectivity index (χ0v) is 18.7. The lowest BCUT2D eigenvalue weighted by Crippen LogP contribution is -2.48. The van der Waals surface area contributed by atoms with E-state index in [9.17, 15) is 0 Å². The largest absolute Gasteiger partial charge is 0.464 e. The van der Waals surface area contributed by atoms with Crippen LogP contribution in [0.5, 0.6) is 0 Å². The average molecular weight is 425 g/mol. The maximum absolute atomic E-state index is 5.61. The Morgan fingerprint density at radius 2 is 1.06 bits per heavy atom. The van der Waals surface area contributed by atoms with Crippen LogP contribution in [0.2, 0.25) is 0 Å². The number of ether oxygens (including phenoxy) is 1. The van der Waals surface area contributed by atoms with Crippen LogP contribution in [0.4, 0.5) is 0 Å². The minimum absolute atomic E-state index is 0.228. The summed E-state index contributed by atoms with van der Waals surface area (Å²) >= 11 is 0. The zero-order valence-electron chi connectivity index (χ0n) is 18.7. The van der Waals surface area contributed by atoms with Crippen LogP contribution in [0.1, 0.15) is 40.3 Å². The highest BCUT2D eigenvalue weighted by atomic mass is 16.5. The van der Waals surface area contributed by atoms with Crippen molar-refractivity contribution >= 4 is 35.6 Å². The van der Waals surface area contributed by atoms with Gasteiger partial charge in [-0.15, -0.1) is 0 Å². The van der Waals surface area contributed by atoms with Gasteiger partial charge in [0, 0.05) is 11.1 Å². The first-order valence-corrected chi connectivity index (χ1v) is 10.5. The van der Waals surface area contributed by atoms with Crippen LogP contribution in [0.25, 0.3) is 0 Å². The van der Waals surface area contributed by atoms with Gasteiger partial charge in [0.1, 0.15) is 0 Å². The lowest BCUT2D eigenvalue weighted by Gasteiger charge is -2.30. The number of aliphatic imine (C=N–C) groups is 6. The second-order valence-corrected chi connectivity index (χ2v) is 7.80. The lowest BCUT2D eigenvalue weighted by molar-refractivity contribution is 0.321. The van der Waals surface area contributed by atoms with Gasteiger partial charge in [-0.2, -0.15) is 30.0 Å². The molecule has 0 aliphatic carbocycles. The number of hydrogen-bond acceptors (Lipinski definition) is 8. The Labute approximate surface area is 186 Å². The van der Waals surface area contributed by atoms with Crippen LogP contribution in [0.15, 0.2) is 66.4 Å². The molecule has 0 bridgehead atoms. The van der Waals surface area contributed by atoms with Gasteiger partial charge < -0.3 is 4.74 Å². The molecule has 0 spiro atoms. The molecule has 8 nitrogen and oxygen atoms in total. The minimum atomic E-state index is 0.228. The standard InChI is InChI=1S/C24H23N7O/c1-6-32-24-29-22-27-19(17-13(2)9-7-10-14(17)3)25-21-26-20(28-23(30-24)31(21)22)18-15(4)11-8-12-16(18)5/h7-12H,6H2,1-5H3. The second-order valence-electron chi connectivity index (χ2n) is 7.80. The van der Waals surface area contributed by atoms with Crippen molar-refractivity contribution in [2.45, 2.75) is 34.6 Å². The van der Waals surface area contributed by atoms with Crippen molar-refractivity contribution in [2.24, 2.45) is 30.0 Å². The molecule has 32 heavy (non-hydrogen) atoms. The molecule has 0 unspecified atom stereocenters. The van der Waals surface area contributed by atoms with E-state index in [-0.39, 0.29) is 6.02 Å². The third-order valence-electron chi connectivity index (χ3n) is 5.50. The van der Waals surface area contributed by atoms with E-state index in [2.05, 4.69) is 9.98 Å². The van der Waals surface area contributed by atoms with Crippen LogP contribution >= 0.6 is 0 Å². The zero-order chi connectivity index (χ0) is 22.4. The maximum atomic E-state index is 5.61. The molecule has 3 aliphatic heterocycles. The van der Waals surface area contributed by atoms with Gasteiger partial charge in [-0.05, 0) is 56.9 Å². The van der Waals surface area contributed by atoms with Crippen molar-refractivity contribution in [2.75, 3.05) is 6.61 Å². The summed E-state index contributed by atoms with van der Waals surface area (Å²) in [6.45, 7) is 10.5. The lowest BCUT2D eigenvalue weighted by atomic mass is 10.0. The molecular formula is C24H23N7O. The third kappa shape index (κ3) is 3.24. The average Bonchev–Trinajstić information content (AvgIpc) is 2.73. The summed E-state index contributed by atoms with van der Waals surface area (Å²) in [7, 11) is 0. The molecule has 0 N–H and O–H groups in total. The normalized spacial score (nSPS) is 16.8. The Morgan fingerprint density at radius 1 is 0.625 bits per heavy atom. The number of benzene rings is 2. The Hall–Kier alpha value is -3.94. The van der Waals surface area contributed by atoms with Crippen molar-refractivity contribution in [1.82, 2.24) is 4.90 Å². The van der Waals surface area contributed by atoms with Crippen LogP contribution < -0.4 is 0 Å². The van der Waals surface area contributed by atoms with Gasteiger partial charge in [0.05, 0.1) is 6.61 Å². The summed E-state index contributed by atoms with van der Waals surface area (Å²) in [5.41, 5.74) is 6.27. The van der Waals surface area contributed by atoms with Gasteiger partial charge in [0.2, 0.25) is 17.9 Å². The topological polar surface area (TPSA) is 86.6 Å².